The molecule has 0 atom stereocenters. The lowest BCUT2D eigenvalue weighted by Crippen LogP contribution is -2.23. The number of nitrogens with one attached hydrogen (secondary N) is 1. The number of rotatable bonds is 0. The Morgan fingerprint density at radius 2 is 2.25 bits per heavy atom. The van der Waals surface area contributed by atoms with E-state index in [0.717, 1.165) is 31.1 Å². The average Bonchev–Trinajstić information content (AvgIpc) is 2.42. The summed E-state index contributed by atoms with van der Waals surface area (Å²) in [6, 6.07) is 0. The predicted octanol–water partition coefficient (Wildman–Crippen LogP) is 2.81. The first kappa shape index (κ1) is 10.4. The van der Waals surface area contributed by atoms with E-state index in [2.05, 4.69) is 36.0 Å². The Kier molecular flexibility index (Phi) is 2.20. The maximum atomic E-state index is 6.40. The van der Waals surface area contributed by atoms with Crippen LogP contribution >= 0.6 is 11.6 Å². The van der Waals surface area contributed by atoms with E-state index in [-0.39, 0.29) is 5.41 Å². The monoisotopic (exact) mass is 236 g/mol. The third kappa shape index (κ3) is 1.36. The lowest BCUT2D eigenvalue weighted by atomic mass is 9.76. The zero-order valence-electron chi connectivity index (χ0n) is 9.81. The minimum absolute atomic E-state index is 0.172. The fourth-order valence-electron chi connectivity index (χ4n) is 2.84. The number of hydrogen-bond donors (Lipinski definition) is 1. The molecule has 0 bridgehead atoms. The highest BCUT2D eigenvalue weighted by molar-refractivity contribution is 6.31. The molecule has 1 aliphatic heterocycles. The second-order valence-corrected chi connectivity index (χ2v) is 5.80. The van der Waals surface area contributed by atoms with Gasteiger partial charge in [0.25, 0.3) is 0 Å². The maximum Gasteiger partial charge on any atom is 0.0626 e. The van der Waals surface area contributed by atoms with E-state index in [0.29, 0.717) is 0 Å². The molecule has 0 unspecified atom stereocenters. The molecule has 0 saturated carbocycles. The Morgan fingerprint density at radius 1 is 1.44 bits per heavy atom. The van der Waals surface area contributed by atoms with Crippen LogP contribution in [0.15, 0.2) is 12.3 Å². The molecule has 3 rings (SSSR count). The molecule has 1 N–H and O–H groups in total. The van der Waals surface area contributed by atoms with Crippen LogP contribution < -0.4 is 5.32 Å². The van der Waals surface area contributed by atoms with Crippen molar-refractivity contribution in [2.75, 3.05) is 13.1 Å². The van der Waals surface area contributed by atoms with Gasteiger partial charge in [0.05, 0.1) is 10.7 Å². The van der Waals surface area contributed by atoms with Gasteiger partial charge >= 0.3 is 0 Å². The lowest BCUT2D eigenvalue weighted by molar-refractivity contribution is 0.524. The van der Waals surface area contributed by atoms with Crippen LogP contribution in [0.5, 0.6) is 0 Å². The fraction of sp³-hybridized carbons (Fsp3) is 0.538. The van der Waals surface area contributed by atoms with Crippen LogP contribution in [-0.2, 0) is 12.0 Å². The predicted molar refractivity (Wildman–Crippen MR) is 67.9 cm³/mol. The van der Waals surface area contributed by atoms with Gasteiger partial charge in [-0.1, -0.05) is 31.5 Å². The molecule has 1 aromatic rings. The molecule has 2 aliphatic rings. The molecule has 86 valence electrons. The van der Waals surface area contributed by atoms with Crippen LogP contribution in [0.3, 0.4) is 0 Å². The molecule has 0 aromatic carbocycles. The molecule has 0 fully saturated rings. The van der Waals surface area contributed by atoms with Crippen molar-refractivity contribution in [1.82, 2.24) is 9.88 Å². The van der Waals surface area contributed by atoms with Gasteiger partial charge in [0, 0.05) is 31.4 Å². The maximum absolute atomic E-state index is 6.40. The molecule has 1 aromatic heterocycles. The van der Waals surface area contributed by atoms with Crippen molar-refractivity contribution in [2.45, 2.75) is 32.2 Å². The van der Waals surface area contributed by atoms with Crippen LogP contribution in [0, 0.1) is 0 Å². The number of allylic oxidation sites excluding steroid dienone is 1. The van der Waals surface area contributed by atoms with E-state index in [1.165, 1.54) is 16.8 Å². The highest BCUT2D eigenvalue weighted by atomic mass is 35.5. The van der Waals surface area contributed by atoms with Crippen molar-refractivity contribution >= 4 is 17.2 Å². The summed E-state index contributed by atoms with van der Waals surface area (Å²) < 4.78 is 2.31. The Balaban J connectivity index is 2.27. The molecule has 1 aliphatic carbocycles. The van der Waals surface area contributed by atoms with Crippen molar-refractivity contribution in [3.63, 3.8) is 0 Å². The number of nitrogens with zero attached hydrogens (tertiary/aromatic N) is 1. The van der Waals surface area contributed by atoms with Crippen LogP contribution in [0.4, 0.5) is 0 Å². The summed E-state index contributed by atoms with van der Waals surface area (Å²) in [5, 5.41) is 4.39. The van der Waals surface area contributed by atoms with E-state index in [9.17, 15) is 0 Å². The molecule has 0 saturated heterocycles. The molecule has 16 heavy (non-hydrogen) atoms. The molecule has 0 radical (unpaired) electrons. The normalized spacial score (nSPS) is 22.3. The van der Waals surface area contributed by atoms with E-state index in [1.54, 1.807) is 0 Å². The quantitative estimate of drug-likeness (QED) is 0.733. The summed E-state index contributed by atoms with van der Waals surface area (Å²) in [5.41, 5.74) is 4.30. The minimum Gasteiger partial charge on any atom is -0.345 e. The minimum atomic E-state index is 0.172. The molecule has 3 heteroatoms. The van der Waals surface area contributed by atoms with Crippen molar-refractivity contribution in [3.05, 3.63) is 28.6 Å². The molecule has 2 nitrogen and oxygen atoms in total. The second kappa shape index (κ2) is 3.38. The highest BCUT2D eigenvalue weighted by Gasteiger charge is 2.33. The largest absolute Gasteiger partial charge is 0.345 e. The van der Waals surface area contributed by atoms with Gasteiger partial charge in [-0.2, -0.15) is 0 Å². The van der Waals surface area contributed by atoms with Crippen molar-refractivity contribution in [1.29, 1.82) is 0 Å². The van der Waals surface area contributed by atoms with E-state index in [1.807, 2.05) is 0 Å². The number of hydrogen-bond acceptors (Lipinski definition) is 1. The van der Waals surface area contributed by atoms with Crippen molar-refractivity contribution < 1.29 is 0 Å². The van der Waals surface area contributed by atoms with E-state index < -0.39 is 0 Å². The van der Waals surface area contributed by atoms with Crippen LogP contribution in [0.2, 0.25) is 5.02 Å². The Hall–Kier alpha value is -0.730. The van der Waals surface area contributed by atoms with Crippen LogP contribution in [0.1, 0.15) is 31.5 Å². The summed E-state index contributed by atoms with van der Waals surface area (Å²) >= 11 is 6.40. The summed E-state index contributed by atoms with van der Waals surface area (Å²) in [5.74, 6) is 0. The number of halogens is 1. The second-order valence-electron chi connectivity index (χ2n) is 5.39. The summed E-state index contributed by atoms with van der Waals surface area (Å²) in [6.45, 7) is 7.57. The third-order valence-corrected chi connectivity index (χ3v) is 4.00. The highest BCUT2D eigenvalue weighted by Crippen LogP contribution is 2.43. The van der Waals surface area contributed by atoms with E-state index >= 15 is 0 Å². The zero-order chi connectivity index (χ0) is 11.3. The van der Waals surface area contributed by atoms with E-state index in [4.69, 9.17) is 11.6 Å². The Labute approximate surface area is 101 Å². The SMILES string of the molecule is CC1(C)CC=C2CNCCn3cc(Cl)c1c32. The van der Waals surface area contributed by atoms with Gasteiger partial charge in [0.1, 0.15) is 0 Å². The first-order valence-corrected chi connectivity index (χ1v) is 6.26. The number of aromatic nitrogens is 1. The van der Waals surface area contributed by atoms with Gasteiger partial charge in [-0.15, -0.1) is 0 Å². The van der Waals surface area contributed by atoms with Gasteiger partial charge in [-0.05, 0) is 17.4 Å². The van der Waals surface area contributed by atoms with Gasteiger partial charge in [-0.25, -0.2) is 0 Å². The zero-order valence-corrected chi connectivity index (χ0v) is 10.6. The molecule has 0 amide bonds. The van der Waals surface area contributed by atoms with Gasteiger partial charge in [-0.3, -0.25) is 0 Å². The van der Waals surface area contributed by atoms with Crippen molar-refractivity contribution in [3.8, 4) is 0 Å². The first-order valence-electron chi connectivity index (χ1n) is 5.89. The van der Waals surface area contributed by atoms with Crippen LogP contribution in [0.25, 0.3) is 5.57 Å². The standard InChI is InChI=1S/C13H17ClN2/c1-13(2)4-3-9-7-15-5-6-16-8-10(14)11(13)12(9)16/h3,8,15H,4-7H2,1-2H3. The molecule has 0 spiro atoms. The van der Waals surface area contributed by atoms with Crippen LogP contribution in [-0.4, -0.2) is 17.7 Å². The van der Waals surface area contributed by atoms with Gasteiger partial charge < -0.3 is 9.88 Å². The molecular weight excluding hydrogens is 220 g/mol. The van der Waals surface area contributed by atoms with Crippen molar-refractivity contribution in [2.24, 2.45) is 0 Å². The Bertz CT molecular complexity index is 469. The summed E-state index contributed by atoms with van der Waals surface area (Å²) in [6.07, 6.45) is 5.55. The smallest absolute Gasteiger partial charge is 0.0626 e. The molecular formula is C13H17ClN2. The Morgan fingerprint density at radius 3 is 3.06 bits per heavy atom. The molecule has 2 heterocycles. The lowest BCUT2D eigenvalue weighted by Gasteiger charge is -2.30. The van der Waals surface area contributed by atoms with Gasteiger partial charge in [0.15, 0.2) is 0 Å². The average molecular weight is 237 g/mol. The topological polar surface area (TPSA) is 17.0 Å². The fourth-order valence-corrected chi connectivity index (χ4v) is 3.31. The van der Waals surface area contributed by atoms with Gasteiger partial charge in [0.2, 0.25) is 0 Å². The summed E-state index contributed by atoms with van der Waals surface area (Å²) in [4.78, 5) is 0. The third-order valence-electron chi connectivity index (χ3n) is 3.72. The first-order chi connectivity index (χ1) is 7.59. The summed E-state index contributed by atoms with van der Waals surface area (Å²) in [7, 11) is 0.